The molecule has 16 heavy (non-hydrogen) atoms. The summed E-state index contributed by atoms with van der Waals surface area (Å²) in [4.78, 5) is 0.331. The third kappa shape index (κ3) is 2.23. The molecule has 4 heteroatoms. The third-order valence-electron chi connectivity index (χ3n) is 2.88. The normalized spacial score (nSPS) is 28.6. The molecule has 0 heterocycles. The maximum atomic E-state index is 13.3. The Morgan fingerprint density at radius 1 is 1.44 bits per heavy atom. The zero-order chi connectivity index (χ0) is 11.7. The minimum absolute atomic E-state index is 0.0106. The molecular formula is C12H14BrFO2. The first-order valence-corrected chi connectivity index (χ1v) is 6.13. The third-order valence-corrected chi connectivity index (χ3v) is 3.78. The Balaban J connectivity index is 2.02. The molecule has 0 radical (unpaired) electrons. The summed E-state index contributed by atoms with van der Waals surface area (Å²) < 4.78 is 24.2. The van der Waals surface area contributed by atoms with E-state index in [9.17, 15) is 4.39 Å². The van der Waals surface area contributed by atoms with Gasteiger partial charge in [0.15, 0.2) is 0 Å². The highest BCUT2D eigenvalue weighted by atomic mass is 79.9. The van der Waals surface area contributed by atoms with Gasteiger partial charge in [0.05, 0.1) is 0 Å². The number of ether oxygens (including phenoxy) is 2. The lowest BCUT2D eigenvalue weighted by Crippen LogP contribution is -2.51. The predicted molar refractivity (Wildman–Crippen MR) is 63.7 cm³/mol. The lowest BCUT2D eigenvalue weighted by molar-refractivity contribution is -0.0545. The summed E-state index contributed by atoms with van der Waals surface area (Å²) in [6.07, 6.45) is 0.939. The summed E-state index contributed by atoms with van der Waals surface area (Å²) in [6, 6.07) is 4.92. The number of hydrogen-bond acceptors (Lipinski definition) is 2. The molecule has 0 spiro atoms. The van der Waals surface area contributed by atoms with Crippen molar-refractivity contribution in [1.29, 1.82) is 0 Å². The van der Waals surface area contributed by atoms with Gasteiger partial charge < -0.3 is 9.47 Å². The van der Waals surface area contributed by atoms with Crippen LogP contribution in [0.25, 0.3) is 0 Å². The van der Waals surface area contributed by atoms with Gasteiger partial charge in [-0.25, -0.2) is 4.39 Å². The molecule has 1 aromatic carbocycles. The minimum Gasteiger partial charge on any atom is -0.488 e. The van der Waals surface area contributed by atoms with Gasteiger partial charge in [-0.05, 0) is 18.6 Å². The number of rotatable bonds is 3. The standard InChI is InChI=1S/C12H14BrFO2/c1-7-3-4-8(5-10(7)14)16-11-6-9(13)12(11)15-2/h3-5,9,11-12H,6H2,1-2H3. The number of methoxy groups -OCH3 is 1. The molecule has 0 saturated heterocycles. The quantitative estimate of drug-likeness (QED) is 0.796. The van der Waals surface area contributed by atoms with Crippen molar-refractivity contribution in [2.45, 2.75) is 30.4 Å². The molecule has 0 bridgehead atoms. The molecule has 0 aliphatic heterocycles. The largest absolute Gasteiger partial charge is 0.488 e. The summed E-state index contributed by atoms with van der Waals surface area (Å²) in [6.45, 7) is 1.73. The predicted octanol–water partition coefficient (Wildman–Crippen LogP) is 3.06. The number of alkyl halides is 1. The van der Waals surface area contributed by atoms with Crippen LogP contribution in [0.1, 0.15) is 12.0 Å². The molecule has 0 N–H and O–H groups in total. The second kappa shape index (κ2) is 4.72. The average Bonchev–Trinajstić information content (AvgIpc) is 2.23. The second-order valence-electron chi connectivity index (χ2n) is 4.02. The van der Waals surface area contributed by atoms with Crippen LogP contribution in [0.3, 0.4) is 0 Å². The Hall–Kier alpha value is -0.610. The van der Waals surface area contributed by atoms with E-state index in [4.69, 9.17) is 9.47 Å². The molecule has 1 aromatic rings. The van der Waals surface area contributed by atoms with E-state index in [1.165, 1.54) is 6.07 Å². The molecule has 2 nitrogen and oxygen atoms in total. The number of halogens is 2. The van der Waals surface area contributed by atoms with E-state index >= 15 is 0 Å². The van der Waals surface area contributed by atoms with Crippen LogP contribution in [-0.2, 0) is 4.74 Å². The topological polar surface area (TPSA) is 18.5 Å². The molecule has 1 aliphatic rings. The van der Waals surface area contributed by atoms with Crippen LogP contribution in [0.15, 0.2) is 18.2 Å². The maximum absolute atomic E-state index is 13.3. The summed E-state index contributed by atoms with van der Waals surface area (Å²) >= 11 is 3.49. The van der Waals surface area contributed by atoms with E-state index in [0.29, 0.717) is 16.1 Å². The molecular weight excluding hydrogens is 275 g/mol. The van der Waals surface area contributed by atoms with Gasteiger partial charge in [-0.3, -0.25) is 0 Å². The van der Waals surface area contributed by atoms with Crippen molar-refractivity contribution in [1.82, 2.24) is 0 Å². The highest BCUT2D eigenvalue weighted by molar-refractivity contribution is 9.09. The molecule has 3 unspecified atom stereocenters. The van der Waals surface area contributed by atoms with Crippen molar-refractivity contribution in [2.75, 3.05) is 7.11 Å². The Morgan fingerprint density at radius 2 is 2.19 bits per heavy atom. The fourth-order valence-corrected chi connectivity index (χ4v) is 2.69. The molecule has 0 aromatic heterocycles. The van der Waals surface area contributed by atoms with Gasteiger partial charge in [0, 0.05) is 24.4 Å². The van der Waals surface area contributed by atoms with Crippen LogP contribution < -0.4 is 4.74 Å². The maximum Gasteiger partial charge on any atom is 0.129 e. The fourth-order valence-electron chi connectivity index (χ4n) is 1.76. The van der Waals surface area contributed by atoms with Crippen LogP contribution in [0.2, 0.25) is 0 Å². The van der Waals surface area contributed by atoms with E-state index < -0.39 is 0 Å². The van der Waals surface area contributed by atoms with Crippen LogP contribution in [0.4, 0.5) is 4.39 Å². The van der Waals surface area contributed by atoms with Gasteiger partial charge in [0.25, 0.3) is 0 Å². The summed E-state index contributed by atoms with van der Waals surface area (Å²) in [5.74, 6) is 0.329. The van der Waals surface area contributed by atoms with Gasteiger partial charge >= 0.3 is 0 Å². The van der Waals surface area contributed by atoms with E-state index in [1.807, 2.05) is 0 Å². The van der Waals surface area contributed by atoms with Crippen molar-refractivity contribution < 1.29 is 13.9 Å². The highest BCUT2D eigenvalue weighted by Crippen LogP contribution is 2.34. The first-order valence-electron chi connectivity index (χ1n) is 5.21. The van der Waals surface area contributed by atoms with Crippen molar-refractivity contribution in [3.63, 3.8) is 0 Å². The van der Waals surface area contributed by atoms with Crippen molar-refractivity contribution in [3.8, 4) is 5.75 Å². The summed E-state index contributed by atoms with van der Waals surface area (Å²) in [5, 5.41) is 0. The van der Waals surface area contributed by atoms with Gasteiger partial charge in [-0.15, -0.1) is 0 Å². The van der Waals surface area contributed by atoms with E-state index in [-0.39, 0.29) is 18.0 Å². The fraction of sp³-hybridized carbons (Fsp3) is 0.500. The smallest absolute Gasteiger partial charge is 0.129 e. The lowest BCUT2D eigenvalue weighted by Gasteiger charge is -2.40. The first-order chi connectivity index (χ1) is 7.61. The molecule has 3 atom stereocenters. The summed E-state index contributed by atoms with van der Waals surface area (Å²) in [7, 11) is 1.66. The molecule has 88 valence electrons. The van der Waals surface area contributed by atoms with Crippen molar-refractivity contribution >= 4 is 15.9 Å². The lowest BCUT2D eigenvalue weighted by atomic mass is 9.91. The number of benzene rings is 1. The van der Waals surface area contributed by atoms with Crippen LogP contribution >= 0.6 is 15.9 Å². The van der Waals surface area contributed by atoms with E-state index in [0.717, 1.165) is 6.42 Å². The molecule has 2 rings (SSSR count). The average molecular weight is 289 g/mol. The van der Waals surface area contributed by atoms with Crippen molar-refractivity contribution in [2.24, 2.45) is 0 Å². The van der Waals surface area contributed by atoms with Gasteiger partial charge in [-0.2, -0.15) is 0 Å². The molecule has 0 amide bonds. The SMILES string of the molecule is COC1C(Br)CC1Oc1ccc(C)c(F)c1. The molecule has 1 aliphatic carbocycles. The Labute approximate surface area is 103 Å². The Bertz CT molecular complexity index is 383. The van der Waals surface area contributed by atoms with Gasteiger partial charge in [0.1, 0.15) is 23.8 Å². The van der Waals surface area contributed by atoms with Gasteiger partial charge in [0.2, 0.25) is 0 Å². The monoisotopic (exact) mass is 288 g/mol. The highest BCUT2D eigenvalue weighted by Gasteiger charge is 2.41. The second-order valence-corrected chi connectivity index (χ2v) is 5.20. The summed E-state index contributed by atoms with van der Waals surface area (Å²) in [5.41, 5.74) is 0.627. The Morgan fingerprint density at radius 3 is 2.75 bits per heavy atom. The molecule has 1 fully saturated rings. The van der Waals surface area contributed by atoms with E-state index in [2.05, 4.69) is 15.9 Å². The van der Waals surface area contributed by atoms with E-state index in [1.54, 1.807) is 26.2 Å². The first kappa shape index (κ1) is 11.9. The molecule has 1 saturated carbocycles. The zero-order valence-corrected chi connectivity index (χ0v) is 10.8. The zero-order valence-electron chi connectivity index (χ0n) is 9.24. The van der Waals surface area contributed by atoms with Gasteiger partial charge in [-0.1, -0.05) is 22.0 Å². The Kier molecular flexibility index (Phi) is 3.50. The number of aryl methyl sites for hydroxylation is 1. The van der Waals surface area contributed by atoms with Crippen LogP contribution in [0.5, 0.6) is 5.75 Å². The van der Waals surface area contributed by atoms with Crippen molar-refractivity contribution in [3.05, 3.63) is 29.6 Å². The van der Waals surface area contributed by atoms with Crippen LogP contribution in [0, 0.1) is 12.7 Å². The number of hydrogen-bond donors (Lipinski definition) is 0. The van der Waals surface area contributed by atoms with Crippen LogP contribution in [-0.4, -0.2) is 24.1 Å². The minimum atomic E-state index is -0.235.